The van der Waals surface area contributed by atoms with Crippen LogP contribution in [0.1, 0.15) is 36.5 Å². The highest BCUT2D eigenvalue weighted by Crippen LogP contribution is 2.33. The molecule has 3 aromatic carbocycles. The monoisotopic (exact) mass is 329 g/mol. The third-order valence-corrected chi connectivity index (χ3v) is 5.10. The Hall–Kier alpha value is -2.38. The first kappa shape index (κ1) is 17.4. The van der Waals surface area contributed by atoms with Crippen molar-refractivity contribution in [3.05, 3.63) is 108 Å². The van der Waals surface area contributed by atoms with Gasteiger partial charge in [0.1, 0.15) is 0 Å². The Bertz CT molecular complexity index is 697. The van der Waals surface area contributed by atoms with Gasteiger partial charge in [0.15, 0.2) is 0 Å². The summed E-state index contributed by atoms with van der Waals surface area (Å²) in [4.78, 5) is 0. The van der Waals surface area contributed by atoms with Crippen LogP contribution >= 0.6 is 0 Å². The molecule has 0 aliphatic rings. The smallest absolute Gasteiger partial charge is 0.0208 e. The summed E-state index contributed by atoms with van der Waals surface area (Å²) in [5.41, 5.74) is 4.10. The lowest BCUT2D eigenvalue weighted by atomic mass is 9.78. The Morgan fingerprint density at radius 3 is 1.56 bits per heavy atom. The van der Waals surface area contributed by atoms with Gasteiger partial charge in [0.05, 0.1) is 0 Å². The molecule has 0 aromatic heterocycles. The molecule has 0 saturated carbocycles. The number of nitrogens with one attached hydrogen (secondary N) is 1. The van der Waals surface area contributed by atoms with Crippen LogP contribution in [-0.2, 0) is 6.54 Å². The Labute approximate surface area is 151 Å². The molecular formula is C24H27N. The highest BCUT2D eigenvalue weighted by atomic mass is 14.9. The highest BCUT2D eigenvalue weighted by molar-refractivity contribution is 5.33. The summed E-state index contributed by atoms with van der Waals surface area (Å²) in [5.74, 6) is 0.870. The molecule has 0 radical (unpaired) electrons. The molecule has 3 aromatic rings. The van der Waals surface area contributed by atoms with E-state index in [2.05, 4.69) is 110 Å². The van der Waals surface area contributed by atoms with Crippen LogP contribution in [0.4, 0.5) is 0 Å². The SMILES string of the molecule is C[C@@H](NCc1ccccc1)[C@@H](C)C(c1ccccc1)c1ccccc1. The predicted octanol–water partition coefficient (Wildman–Crippen LogP) is 5.63. The van der Waals surface area contributed by atoms with Crippen LogP contribution in [0.2, 0.25) is 0 Å². The van der Waals surface area contributed by atoms with Gasteiger partial charge in [-0.05, 0) is 29.5 Å². The maximum atomic E-state index is 3.72. The molecule has 0 aliphatic carbocycles. The van der Waals surface area contributed by atoms with Gasteiger partial charge in [0, 0.05) is 18.5 Å². The topological polar surface area (TPSA) is 12.0 Å². The molecule has 1 heteroatoms. The molecular weight excluding hydrogens is 302 g/mol. The molecule has 0 spiro atoms. The average molecular weight is 329 g/mol. The average Bonchev–Trinajstić information content (AvgIpc) is 2.69. The molecule has 0 fully saturated rings. The summed E-state index contributed by atoms with van der Waals surface area (Å²) in [5, 5.41) is 3.72. The van der Waals surface area contributed by atoms with E-state index in [0.29, 0.717) is 17.9 Å². The summed E-state index contributed by atoms with van der Waals surface area (Å²) in [7, 11) is 0. The summed E-state index contributed by atoms with van der Waals surface area (Å²) in [6.07, 6.45) is 0. The number of rotatable bonds is 7. The standard InChI is InChI=1S/C24H27N/c1-19(20(2)25-18-21-12-6-3-7-13-21)24(22-14-8-4-9-15-22)23-16-10-5-11-17-23/h3-17,19-20,24-25H,18H2,1-2H3/t19-,20-/m1/s1. The van der Waals surface area contributed by atoms with Crippen LogP contribution < -0.4 is 5.32 Å². The molecule has 128 valence electrons. The van der Waals surface area contributed by atoms with Crippen LogP contribution in [0.25, 0.3) is 0 Å². The molecule has 1 nitrogen and oxygen atoms in total. The summed E-state index contributed by atoms with van der Waals surface area (Å²) >= 11 is 0. The third-order valence-electron chi connectivity index (χ3n) is 5.10. The zero-order chi connectivity index (χ0) is 17.5. The van der Waals surface area contributed by atoms with Gasteiger partial charge in [-0.2, -0.15) is 0 Å². The normalized spacial score (nSPS) is 13.6. The number of hydrogen-bond donors (Lipinski definition) is 1. The van der Waals surface area contributed by atoms with E-state index >= 15 is 0 Å². The van der Waals surface area contributed by atoms with Crippen molar-refractivity contribution in [1.29, 1.82) is 0 Å². The molecule has 25 heavy (non-hydrogen) atoms. The molecule has 0 bridgehead atoms. The van der Waals surface area contributed by atoms with Crippen molar-refractivity contribution in [3.8, 4) is 0 Å². The van der Waals surface area contributed by atoms with Gasteiger partial charge in [0.25, 0.3) is 0 Å². The minimum atomic E-state index is 0.390. The molecule has 1 N–H and O–H groups in total. The van der Waals surface area contributed by atoms with Crippen molar-refractivity contribution in [3.63, 3.8) is 0 Å². The van der Waals surface area contributed by atoms with Gasteiger partial charge in [-0.25, -0.2) is 0 Å². The van der Waals surface area contributed by atoms with Gasteiger partial charge in [-0.1, -0.05) is 97.9 Å². The van der Waals surface area contributed by atoms with Crippen molar-refractivity contribution in [2.45, 2.75) is 32.4 Å². The van der Waals surface area contributed by atoms with Gasteiger partial charge in [-0.3, -0.25) is 0 Å². The van der Waals surface area contributed by atoms with E-state index in [1.165, 1.54) is 16.7 Å². The molecule has 0 amide bonds. The van der Waals surface area contributed by atoms with Gasteiger partial charge in [0.2, 0.25) is 0 Å². The van der Waals surface area contributed by atoms with Crippen molar-refractivity contribution < 1.29 is 0 Å². The van der Waals surface area contributed by atoms with Crippen LogP contribution in [0.15, 0.2) is 91.0 Å². The van der Waals surface area contributed by atoms with Gasteiger partial charge in [-0.15, -0.1) is 0 Å². The van der Waals surface area contributed by atoms with Crippen LogP contribution in [0, 0.1) is 5.92 Å². The van der Waals surface area contributed by atoms with E-state index in [0.717, 1.165) is 6.54 Å². The Morgan fingerprint density at radius 2 is 1.08 bits per heavy atom. The minimum Gasteiger partial charge on any atom is -0.310 e. The lowest BCUT2D eigenvalue weighted by molar-refractivity contribution is 0.366. The fourth-order valence-electron chi connectivity index (χ4n) is 3.47. The van der Waals surface area contributed by atoms with E-state index in [1.807, 2.05) is 0 Å². The zero-order valence-corrected chi connectivity index (χ0v) is 15.1. The molecule has 2 atom stereocenters. The first-order valence-corrected chi connectivity index (χ1v) is 9.13. The summed E-state index contributed by atoms with van der Waals surface area (Å²) in [6, 6.07) is 32.8. The largest absolute Gasteiger partial charge is 0.310 e. The second-order valence-electron chi connectivity index (χ2n) is 6.81. The maximum Gasteiger partial charge on any atom is 0.0208 e. The predicted molar refractivity (Wildman–Crippen MR) is 107 cm³/mol. The van der Waals surface area contributed by atoms with Crippen LogP contribution in [-0.4, -0.2) is 6.04 Å². The lowest BCUT2D eigenvalue weighted by Gasteiger charge is -2.30. The quantitative estimate of drug-likeness (QED) is 0.592. The molecule has 0 heterocycles. The van der Waals surface area contributed by atoms with E-state index in [4.69, 9.17) is 0 Å². The summed E-state index contributed by atoms with van der Waals surface area (Å²) < 4.78 is 0. The second-order valence-corrected chi connectivity index (χ2v) is 6.81. The summed E-state index contributed by atoms with van der Waals surface area (Å²) in [6.45, 7) is 5.56. The zero-order valence-electron chi connectivity index (χ0n) is 15.1. The fraction of sp³-hybridized carbons (Fsp3) is 0.250. The molecule has 0 aliphatic heterocycles. The maximum absolute atomic E-state index is 3.72. The highest BCUT2D eigenvalue weighted by Gasteiger charge is 2.25. The number of hydrogen-bond acceptors (Lipinski definition) is 1. The van der Waals surface area contributed by atoms with Crippen LogP contribution in [0.5, 0.6) is 0 Å². The first-order valence-electron chi connectivity index (χ1n) is 9.13. The van der Waals surface area contributed by atoms with E-state index in [-0.39, 0.29) is 0 Å². The molecule has 0 saturated heterocycles. The van der Waals surface area contributed by atoms with Gasteiger partial charge >= 0.3 is 0 Å². The van der Waals surface area contributed by atoms with Gasteiger partial charge < -0.3 is 5.32 Å². The lowest BCUT2D eigenvalue weighted by Crippen LogP contribution is -2.35. The fourth-order valence-corrected chi connectivity index (χ4v) is 3.47. The Kier molecular flexibility index (Phi) is 6.03. The minimum absolute atomic E-state index is 0.390. The third kappa shape index (κ3) is 4.58. The first-order chi connectivity index (χ1) is 12.3. The van der Waals surface area contributed by atoms with E-state index < -0.39 is 0 Å². The van der Waals surface area contributed by atoms with E-state index in [1.54, 1.807) is 0 Å². The molecule has 3 rings (SSSR count). The Balaban J connectivity index is 1.78. The van der Waals surface area contributed by atoms with E-state index in [9.17, 15) is 0 Å². The van der Waals surface area contributed by atoms with Crippen molar-refractivity contribution >= 4 is 0 Å². The second kappa shape index (κ2) is 8.64. The van der Waals surface area contributed by atoms with Crippen LogP contribution in [0.3, 0.4) is 0 Å². The van der Waals surface area contributed by atoms with Crippen molar-refractivity contribution in [2.24, 2.45) is 5.92 Å². The van der Waals surface area contributed by atoms with Crippen molar-refractivity contribution in [2.75, 3.05) is 0 Å². The number of benzene rings is 3. The van der Waals surface area contributed by atoms with Crippen molar-refractivity contribution in [1.82, 2.24) is 5.32 Å². The Morgan fingerprint density at radius 1 is 0.640 bits per heavy atom. The molecule has 0 unspecified atom stereocenters.